The molecule has 0 bridgehead atoms. The Balaban J connectivity index is 1.89. The molecule has 4 nitrogen and oxygen atoms in total. The van der Waals surface area contributed by atoms with E-state index in [9.17, 15) is 0 Å². The molecule has 1 unspecified atom stereocenters. The van der Waals surface area contributed by atoms with Gasteiger partial charge in [0.05, 0.1) is 0 Å². The first-order valence-corrected chi connectivity index (χ1v) is 5.62. The Labute approximate surface area is 100 Å². The topological polar surface area (TPSA) is 61.3 Å². The van der Waals surface area contributed by atoms with Crippen LogP contribution in [0.1, 0.15) is 18.2 Å². The van der Waals surface area contributed by atoms with Gasteiger partial charge in [-0.1, -0.05) is 30.3 Å². The van der Waals surface area contributed by atoms with Crippen molar-refractivity contribution in [1.29, 1.82) is 0 Å². The van der Waals surface area contributed by atoms with Crippen LogP contribution in [0.5, 0.6) is 5.88 Å². The molecule has 90 valence electrons. The summed E-state index contributed by atoms with van der Waals surface area (Å²) in [6, 6.07) is 11.8. The average Bonchev–Trinajstić information content (AvgIpc) is 2.75. The molecule has 2 aromatic rings. The van der Waals surface area contributed by atoms with Crippen molar-refractivity contribution in [3.05, 3.63) is 47.7 Å². The van der Waals surface area contributed by atoms with Crippen LogP contribution in [0.4, 0.5) is 0 Å². The van der Waals surface area contributed by atoms with Crippen LogP contribution in [0.25, 0.3) is 0 Å². The Bertz CT molecular complexity index is 451. The first-order valence-electron chi connectivity index (χ1n) is 5.62. The molecule has 0 spiro atoms. The summed E-state index contributed by atoms with van der Waals surface area (Å²) in [6.45, 7) is 2.41. The van der Waals surface area contributed by atoms with Crippen LogP contribution < -0.4 is 10.5 Å². The molecule has 1 heterocycles. The fourth-order valence-corrected chi connectivity index (χ4v) is 1.51. The maximum absolute atomic E-state index is 5.67. The normalized spacial score (nSPS) is 12.4. The van der Waals surface area contributed by atoms with Crippen LogP contribution in [-0.4, -0.2) is 11.2 Å². The van der Waals surface area contributed by atoms with Gasteiger partial charge >= 0.3 is 0 Å². The second-order valence-electron chi connectivity index (χ2n) is 4.09. The van der Waals surface area contributed by atoms with Crippen LogP contribution in [0.2, 0.25) is 0 Å². The second kappa shape index (κ2) is 5.50. The fourth-order valence-electron chi connectivity index (χ4n) is 1.51. The molecular formula is C13H16N2O2. The number of hydrogen-bond donors (Lipinski definition) is 1. The molecule has 0 aliphatic heterocycles. The fraction of sp³-hybridized carbons (Fsp3) is 0.308. The van der Waals surface area contributed by atoms with E-state index in [4.69, 9.17) is 15.0 Å². The Kier molecular flexibility index (Phi) is 3.77. The lowest BCUT2D eigenvalue weighted by Gasteiger charge is -2.01. The summed E-state index contributed by atoms with van der Waals surface area (Å²) in [4.78, 5) is 0. The summed E-state index contributed by atoms with van der Waals surface area (Å²) in [5, 5.41) is 3.83. The number of nitrogens with two attached hydrogens (primary N) is 1. The SMILES string of the molecule is CC(N)Cc1cc(OCc2ccccc2)no1. The van der Waals surface area contributed by atoms with Gasteiger partial charge < -0.3 is 15.0 Å². The molecule has 0 aliphatic carbocycles. The first-order chi connectivity index (χ1) is 8.24. The van der Waals surface area contributed by atoms with Gasteiger partial charge in [-0.05, 0) is 17.6 Å². The molecule has 0 saturated carbocycles. The van der Waals surface area contributed by atoms with Gasteiger partial charge in [-0.25, -0.2) is 0 Å². The Morgan fingerprint density at radius 1 is 1.35 bits per heavy atom. The van der Waals surface area contributed by atoms with E-state index in [0.717, 1.165) is 11.3 Å². The highest BCUT2D eigenvalue weighted by atomic mass is 16.5. The van der Waals surface area contributed by atoms with E-state index in [-0.39, 0.29) is 6.04 Å². The van der Waals surface area contributed by atoms with Gasteiger partial charge in [-0.3, -0.25) is 0 Å². The quantitative estimate of drug-likeness (QED) is 0.858. The molecule has 17 heavy (non-hydrogen) atoms. The molecular weight excluding hydrogens is 216 g/mol. The van der Waals surface area contributed by atoms with Gasteiger partial charge in [0.15, 0.2) is 0 Å². The van der Waals surface area contributed by atoms with Crippen molar-refractivity contribution in [2.75, 3.05) is 0 Å². The lowest BCUT2D eigenvalue weighted by molar-refractivity contribution is 0.265. The number of ether oxygens (including phenoxy) is 1. The summed E-state index contributed by atoms with van der Waals surface area (Å²) >= 11 is 0. The molecule has 0 saturated heterocycles. The maximum atomic E-state index is 5.67. The lowest BCUT2D eigenvalue weighted by Crippen LogP contribution is -2.17. The van der Waals surface area contributed by atoms with Crippen molar-refractivity contribution in [1.82, 2.24) is 5.16 Å². The van der Waals surface area contributed by atoms with Crippen molar-refractivity contribution in [2.24, 2.45) is 5.73 Å². The van der Waals surface area contributed by atoms with Crippen molar-refractivity contribution >= 4 is 0 Å². The van der Waals surface area contributed by atoms with Gasteiger partial charge in [0, 0.05) is 18.5 Å². The minimum Gasteiger partial charge on any atom is -0.471 e. The molecule has 0 fully saturated rings. The van der Waals surface area contributed by atoms with Crippen LogP contribution in [0.15, 0.2) is 40.9 Å². The number of benzene rings is 1. The summed E-state index contributed by atoms with van der Waals surface area (Å²) in [5.74, 6) is 1.26. The molecule has 0 amide bonds. The smallest absolute Gasteiger partial charge is 0.254 e. The molecule has 1 aromatic carbocycles. The van der Waals surface area contributed by atoms with Gasteiger partial charge in [0.25, 0.3) is 5.88 Å². The van der Waals surface area contributed by atoms with Crippen molar-refractivity contribution in [3.63, 3.8) is 0 Å². The average molecular weight is 232 g/mol. The summed E-state index contributed by atoms with van der Waals surface area (Å²) in [7, 11) is 0. The number of aromatic nitrogens is 1. The molecule has 2 rings (SSSR count). The minimum atomic E-state index is 0.0601. The monoisotopic (exact) mass is 232 g/mol. The zero-order valence-electron chi connectivity index (χ0n) is 9.80. The van der Waals surface area contributed by atoms with E-state index in [0.29, 0.717) is 18.9 Å². The molecule has 0 radical (unpaired) electrons. The van der Waals surface area contributed by atoms with Crippen LogP contribution in [-0.2, 0) is 13.0 Å². The summed E-state index contributed by atoms with van der Waals surface area (Å²) < 4.78 is 10.6. The molecule has 0 aliphatic rings. The van der Waals surface area contributed by atoms with Crippen molar-refractivity contribution in [3.8, 4) is 5.88 Å². The van der Waals surface area contributed by atoms with E-state index in [1.807, 2.05) is 37.3 Å². The molecule has 1 aromatic heterocycles. The third-order valence-corrected chi connectivity index (χ3v) is 2.29. The third-order valence-electron chi connectivity index (χ3n) is 2.29. The molecule has 1 atom stereocenters. The highest BCUT2D eigenvalue weighted by molar-refractivity contribution is 5.16. The third kappa shape index (κ3) is 3.60. The zero-order valence-corrected chi connectivity index (χ0v) is 9.80. The minimum absolute atomic E-state index is 0.0601. The van der Waals surface area contributed by atoms with Crippen LogP contribution in [0, 0.1) is 0 Å². The Morgan fingerprint density at radius 2 is 2.12 bits per heavy atom. The van der Waals surface area contributed by atoms with Crippen molar-refractivity contribution in [2.45, 2.75) is 26.0 Å². The molecule has 2 N–H and O–H groups in total. The zero-order chi connectivity index (χ0) is 12.1. The van der Waals surface area contributed by atoms with Crippen molar-refractivity contribution < 1.29 is 9.26 Å². The van der Waals surface area contributed by atoms with E-state index in [2.05, 4.69) is 5.16 Å². The highest BCUT2D eigenvalue weighted by Crippen LogP contribution is 2.14. The van der Waals surface area contributed by atoms with Gasteiger partial charge in [0.2, 0.25) is 0 Å². The first kappa shape index (κ1) is 11.7. The maximum Gasteiger partial charge on any atom is 0.254 e. The summed E-state index contributed by atoms with van der Waals surface area (Å²) in [6.07, 6.45) is 0.668. The Hall–Kier alpha value is -1.81. The second-order valence-corrected chi connectivity index (χ2v) is 4.09. The van der Waals surface area contributed by atoms with E-state index in [1.165, 1.54) is 0 Å². The van der Waals surface area contributed by atoms with Gasteiger partial charge in [-0.2, -0.15) is 0 Å². The standard InChI is InChI=1S/C13H16N2O2/c1-10(14)7-12-8-13(15-17-12)16-9-11-5-3-2-4-6-11/h2-6,8,10H,7,9,14H2,1H3. The number of nitrogens with zero attached hydrogens (tertiary/aromatic N) is 1. The number of hydrogen-bond acceptors (Lipinski definition) is 4. The highest BCUT2D eigenvalue weighted by Gasteiger charge is 2.07. The summed E-state index contributed by atoms with van der Waals surface area (Å²) in [5.41, 5.74) is 6.77. The largest absolute Gasteiger partial charge is 0.471 e. The predicted molar refractivity (Wildman–Crippen MR) is 64.6 cm³/mol. The number of rotatable bonds is 5. The van der Waals surface area contributed by atoms with E-state index >= 15 is 0 Å². The van der Waals surface area contributed by atoms with Gasteiger partial charge in [0.1, 0.15) is 12.4 Å². The van der Waals surface area contributed by atoms with E-state index < -0.39 is 0 Å². The lowest BCUT2D eigenvalue weighted by atomic mass is 10.2. The van der Waals surface area contributed by atoms with E-state index in [1.54, 1.807) is 6.07 Å². The van der Waals surface area contributed by atoms with Crippen LogP contribution >= 0.6 is 0 Å². The van der Waals surface area contributed by atoms with Crippen LogP contribution in [0.3, 0.4) is 0 Å². The molecule has 4 heteroatoms. The predicted octanol–water partition coefficient (Wildman–Crippen LogP) is 2.14. The Morgan fingerprint density at radius 3 is 2.82 bits per heavy atom. The van der Waals surface area contributed by atoms with Gasteiger partial charge in [-0.15, -0.1) is 0 Å².